The van der Waals surface area contributed by atoms with Gasteiger partial charge in [0.25, 0.3) is 0 Å². The number of nitrogens with one attached hydrogen (secondary N) is 1. The van der Waals surface area contributed by atoms with Gasteiger partial charge in [0.15, 0.2) is 0 Å². The Morgan fingerprint density at radius 2 is 1.80 bits per heavy atom. The van der Waals surface area contributed by atoms with Gasteiger partial charge in [-0.3, -0.25) is 0 Å². The van der Waals surface area contributed by atoms with Crippen molar-refractivity contribution in [3.63, 3.8) is 0 Å². The highest BCUT2D eigenvalue weighted by molar-refractivity contribution is 5.68. The number of aliphatic hydroxyl groups is 1. The van der Waals surface area contributed by atoms with Gasteiger partial charge in [0.05, 0.1) is 6.10 Å². The maximum atomic E-state index is 11.8. The Hall–Kier alpha value is -0.770. The molecule has 0 heterocycles. The Bertz CT molecular complexity index is 347. The number of ether oxygens (including phenoxy) is 1. The minimum absolute atomic E-state index is 0.191. The van der Waals surface area contributed by atoms with E-state index < -0.39 is 5.60 Å². The molecule has 0 aliphatic heterocycles. The molecule has 0 saturated heterocycles. The molecule has 0 bridgehead atoms. The van der Waals surface area contributed by atoms with Gasteiger partial charge >= 0.3 is 6.09 Å². The van der Waals surface area contributed by atoms with E-state index in [2.05, 4.69) is 5.32 Å². The lowest BCUT2D eigenvalue weighted by Crippen LogP contribution is -2.42. The van der Waals surface area contributed by atoms with Crippen molar-refractivity contribution in [3.05, 3.63) is 0 Å². The third-order valence-corrected chi connectivity index (χ3v) is 4.92. The number of carbonyl (C=O) groups excluding carboxylic acids is 1. The predicted molar refractivity (Wildman–Crippen MR) is 78.5 cm³/mol. The molecule has 2 saturated carbocycles. The Kier molecular flexibility index (Phi) is 4.33. The van der Waals surface area contributed by atoms with Crippen molar-refractivity contribution in [2.45, 2.75) is 84.0 Å². The fourth-order valence-electron chi connectivity index (χ4n) is 3.60. The molecule has 4 heteroatoms. The van der Waals surface area contributed by atoms with Crippen LogP contribution in [0.15, 0.2) is 0 Å². The van der Waals surface area contributed by atoms with Crippen LogP contribution in [0.2, 0.25) is 0 Å². The van der Waals surface area contributed by atoms with Crippen LogP contribution in [0.4, 0.5) is 4.79 Å². The van der Waals surface area contributed by atoms with Crippen molar-refractivity contribution < 1.29 is 14.6 Å². The molecule has 2 fully saturated rings. The minimum atomic E-state index is -0.439. The van der Waals surface area contributed by atoms with Crippen molar-refractivity contribution in [1.29, 1.82) is 0 Å². The molecule has 0 radical (unpaired) electrons. The highest BCUT2D eigenvalue weighted by atomic mass is 16.6. The molecule has 0 aromatic rings. The largest absolute Gasteiger partial charge is 0.444 e. The number of amides is 1. The molecule has 1 atom stereocenters. The van der Waals surface area contributed by atoms with Gasteiger partial charge in [-0.1, -0.05) is 0 Å². The monoisotopic (exact) mass is 283 g/mol. The second-order valence-electron chi connectivity index (χ2n) is 7.60. The molecule has 1 unspecified atom stereocenters. The third-order valence-electron chi connectivity index (χ3n) is 4.92. The van der Waals surface area contributed by atoms with E-state index in [0.29, 0.717) is 5.92 Å². The predicted octanol–water partition coefficient (Wildman–Crippen LogP) is 3.23. The van der Waals surface area contributed by atoms with Crippen LogP contribution in [0.3, 0.4) is 0 Å². The first-order valence-electron chi connectivity index (χ1n) is 7.90. The van der Waals surface area contributed by atoms with Gasteiger partial charge < -0.3 is 15.2 Å². The zero-order valence-electron chi connectivity index (χ0n) is 13.2. The highest BCUT2D eigenvalue weighted by Gasteiger charge is 2.53. The molecule has 4 nitrogen and oxygen atoms in total. The zero-order chi connectivity index (χ0) is 15.0. The summed E-state index contributed by atoms with van der Waals surface area (Å²) in [5.41, 5.74) is -0.247. The van der Waals surface area contributed by atoms with Crippen LogP contribution in [-0.4, -0.2) is 28.9 Å². The molecular weight excluding hydrogens is 254 g/mol. The molecule has 1 amide bonds. The van der Waals surface area contributed by atoms with E-state index in [0.717, 1.165) is 25.7 Å². The summed E-state index contributed by atoms with van der Waals surface area (Å²) in [5, 5.41) is 12.9. The summed E-state index contributed by atoms with van der Waals surface area (Å²) in [6, 6.07) is 0.228. The first kappa shape index (κ1) is 15.6. The molecule has 2 rings (SSSR count). The Labute approximate surface area is 122 Å². The minimum Gasteiger partial charge on any atom is -0.444 e. The van der Waals surface area contributed by atoms with Crippen LogP contribution in [0.1, 0.15) is 66.2 Å². The standard InChI is InChI=1S/C16H29NO3/c1-11(18)16(9-10-16)12-5-7-13(8-6-12)17-14(19)20-15(2,3)4/h11-13,18H,5-10H2,1-4H3,(H,17,19). The molecule has 116 valence electrons. The summed E-state index contributed by atoms with van der Waals surface area (Å²) in [6.07, 6.45) is 6.03. The number of aliphatic hydroxyl groups excluding tert-OH is 1. The van der Waals surface area contributed by atoms with Crippen LogP contribution in [0, 0.1) is 11.3 Å². The van der Waals surface area contributed by atoms with Crippen molar-refractivity contribution in [3.8, 4) is 0 Å². The van der Waals surface area contributed by atoms with E-state index in [1.165, 1.54) is 12.8 Å². The second-order valence-corrected chi connectivity index (χ2v) is 7.60. The highest BCUT2D eigenvalue weighted by Crippen LogP contribution is 2.58. The lowest BCUT2D eigenvalue weighted by atomic mass is 9.74. The Morgan fingerprint density at radius 1 is 1.25 bits per heavy atom. The quantitative estimate of drug-likeness (QED) is 0.836. The van der Waals surface area contributed by atoms with Crippen LogP contribution < -0.4 is 5.32 Å². The van der Waals surface area contributed by atoms with Gasteiger partial charge in [-0.15, -0.1) is 0 Å². The maximum absolute atomic E-state index is 11.8. The molecule has 20 heavy (non-hydrogen) atoms. The van der Waals surface area contributed by atoms with Crippen LogP contribution in [0.25, 0.3) is 0 Å². The topological polar surface area (TPSA) is 58.6 Å². The molecule has 2 aliphatic rings. The summed E-state index contributed by atoms with van der Waals surface area (Å²) in [5.74, 6) is 0.624. The van der Waals surface area contributed by atoms with Gasteiger partial charge in [-0.25, -0.2) is 4.79 Å². The maximum Gasteiger partial charge on any atom is 0.407 e. The molecule has 2 N–H and O–H groups in total. The lowest BCUT2D eigenvalue weighted by Gasteiger charge is -2.36. The van der Waals surface area contributed by atoms with Gasteiger partial charge in [-0.2, -0.15) is 0 Å². The fraction of sp³-hybridized carbons (Fsp3) is 0.938. The van der Waals surface area contributed by atoms with Gasteiger partial charge in [-0.05, 0) is 77.6 Å². The number of carbonyl (C=O) groups is 1. The smallest absolute Gasteiger partial charge is 0.407 e. The first-order valence-corrected chi connectivity index (χ1v) is 7.90. The van der Waals surface area contributed by atoms with Gasteiger partial charge in [0.1, 0.15) is 5.60 Å². The third kappa shape index (κ3) is 3.66. The van der Waals surface area contributed by atoms with Crippen LogP contribution in [0.5, 0.6) is 0 Å². The summed E-state index contributed by atoms with van der Waals surface area (Å²) in [6.45, 7) is 7.56. The summed E-state index contributed by atoms with van der Waals surface area (Å²) in [4.78, 5) is 11.8. The average Bonchev–Trinajstić information content (AvgIpc) is 3.08. The summed E-state index contributed by atoms with van der Waals surface area (Å²) < 4.78 is 5.30. The molecule has 0 spiro atoms. The van der Waals surface area contributed by atoms with Gasteiger partial charge in [0.2, 0.25) is 0 Å². The van der Waals surface area contributed by atoms with E-state index in [4.69, 9.17) is 4.74 Å². The summed E-state index contributed by atoms with van der Waals surface area (Å²) in [7, 11) is 0. The van der Waals surface area contributed by atoms with E-state index in [-0.39, 0.29) is 23.7 Å². The van der Waals surface area contributed by atoms with Crippen molar-refractivity contribution in [2.24, 2.45) is 11.3 Å². The normalized spacial score (nSPS) is 30.4. The lowest BCUT2D eigenvalue weighted by molar-refractivity contribution is 0.0384. The summed E-state index contributed by atoms with van der Waals surface area (Å²) >= 11 is 0. The molecular formula is C16H29NO3. The Morgan fingerprint density at radius 3 is 2.20 bits per heavy atom. The number of alkyl carbamates (subject to hydrolysis) is 1. The van der Waals surface area contributed by atoms with E-state index in [1.807, 2.05) is 27.7 Å². The molecule has 0 aromatic carbocycles. The van der Waals surface area contributed by atoms with E-state index >= 15 is 0 Å². The van der Waals surface area contributed by atoms with Crippen LogP contribution in [-0.2, 0) is 4.74 Å². The van der Waals surface area contributed by atoms with Crippen molar-refractivity contribution in [2.75, 3.05) is 0 Å². The number of hydrogen-bond donors (Lipinski definition) is 2. The van der Waals surface area contributed by atoms with Crippen LogP contribution >= 0.6 is 0 Å². The van der Waals surface area contributed by atoms with Gasteiger partial charge in [0, 0.05) is 6.04 Å². The fourth-order valence-corrected chi connectivity index (χ4v) is 3.60. The number of hydrogen-bond acceptors (Lipinski definition) is 3. The Balaban J connectivity index is 1.76. The number of rotatable bonds is 3. The van der Waals surface area contributed by atoms with Crippen molar-refractivity contribution >= 4 is 6.09 Å². The van der Waals surface area contributed by atoms with E-state index in [9.17, 15) is 9.90 Å². The van der Waals surface area contributed by atoms with E-state index in [1.54, 1.807) is 0 Å². The van der Waals surface area contributed by atoms with Crippen molar-refractivity contribution in [1.82, 2.24) is 5.32 Å². The second kappa shape index (κ2) is 5.55. The first-order chi connectivity index (χ1) is 9.23. The SMILES string of the molecule is CC(O)C1(C2CCC(NC(=O)OC(C)(C)C)CC2)CC1. The zero-order valence-corrected chi connectivity index (χ0v) is 13.2. The molecule has 2 aliphatic carbocycles. The molecule has 0 aromatic heterocycles. The average molecular weight is 283 g/mol.